The van der Waals surface area contributed by atoms with Crippen LogP contribution in [0.3, 0.4) is 0 Å². The summed E-state index contributed by atoms with van der Waals surface area (Å²) < 4.78 is 27.0. The molecule has 1 N–H and O–H groups in total. The van der Waals surface area contributed by atoms with E-state index in [4.69, 9.17) is 0 Å². The summed E-state index contributed by atoms with van der Waals surface area (Å²) in [7, 11) is -3.78. The maximum absolute atomic E-state index is 13.8. The van der Waals surface area contributed by atoms with E-state index in [9.17, 15) is 18.0 Å². The second-order valence-corrected chi connectivity index (χ2v) is 11.7. The van der Waals surface area contributed by atoms with Crippen molar-refractivity contribution in [3.63, 3.8) is 0 Å². The molecule has 0 spiro atoms. The molecule has 7 nitrogen and oxygen atoms in total. The lowest BCUT2D eigenvalue weighted by Crippen LogP contribution is -2.53. The van der Waals surface area contributed by atoms with Gasteiger partial charge in [-0.05, 0) is 43.2 Å². The molecule has 1 aliphatic rings. The smallest absolute Gasteiger partial charge is 0.244 e. The maximum atomic E-state index is 13.8. The highest BCUT2D eigenvalue weighted by atomic mass is 32.2. The molecule has 1 unspecified atom stereocenters. The number of anilines is 1. The van der Waals surface area contributed by atoms with E-state index in [1.807, 2.05) is 60.7 Å². The van der Waals surface area contributed by atoms with Gasteiger partial charge in [0.1, 0.15) is 12.6 Å². The SMILES string of the molecule is CC(C(=O)NC1CCCC1)N(CCc1ccccc1)C(=O)CN(c1cccc2ccccc12)S(C)(=O)=O. The Hall–Kier alpha value is -3.39. The number of fused-ring (bicyclic) bond motifs is 1. The molecule has 4 rings (SSSR count). The number of rotatable bonds is 10. The lowest BCUT2D eigenvalue weighted by atomic mass is 10.1. The van der Waals surface area contributed by atoms with Gasteiger partial charge in [0.25, 0.3) is 0 Å². The van der Waals surface area contributed by atoms with E-state index >= 15 is 0 Å². The molecule has 1 fully saturated rings. The van der Waals surface area contributed by atoms with E-state index in [0.29, 0.717) is 18.7 Å². The van der Waals surface area contributed by atoms with Crippen molar-refractivity contribution in [3.05, 3.63) is 78.4 Å². The molecule has 8 heteroatoms. The van der Waals surface area contributed by atoms with Gasteiger partial charge in [0.05, 0.1) is 11.9 Å². The van der Waals surface area contributed by atoms with Crippen LogP contribution in [0.4, 0.5) is 5.69 Å². The van der Waals surface area contributed by atoms with Crippen molar-refractivity contribution < 1.29 is 18.0 Å². The largest absolute Gasteiger partial charge is 0.352 e. The topological polar surface area (TPSA) is 86.8 Å². The zero-order valence-electron chi connectivity index (χ0n) is 21.5. The van der Waals surface area contributed by atoms with Crippen molar-refractivity contribution in [3.8, 4) is 0 Å². The molecule has 3 aromatic carbocycles. The molecule has 0 bridgehead atoms. The van der Waals surface area contributed by atoms with E-state index in [1.54, 1.807) is 19.1 Å². The number of nitrogens with one attached hydrogen (secondary N) is 1. The van der Waals surface area contributed by atoms with Crippen LogP contribution < -0.4 is 9.62 Å². The maximum Gasteiger partial charge on any atom is 0.244 e. The Balaban J connectivity index is 1.61. The summed E-state index contributed by atoms with van der Waals surface area (Å²) in [5, 5.41) is 4.71. The average Bonchev–Trinajstić information content (AvgIpc) is 3.40. The third-order valence-corrected chi connectivity index (χ3v) is 8.19. The van der Waals surface area contributed by atoms with Gasteiger partial charge >= 0.3 is 0 Å². The molecule has 1 atom stereocenters. The molecular formula is C29H35N3O4S. The molecule has 1 saturated carbocycles. The first-order valence-electron chi connectivity index (χ1n) is 12.8. The van der Waals surface area contributed by atoms with Crippen LogP contribution in [0, 0.1) is 0 Å². The van der Waals surface area contributed by atoms with Gasteiger partial charge in [0.15, 0.2) is 0 Å². The summed E-state index contributed by atoms with van der Waals surface area (Å²) in [6, 6.07) is 22.0. The number of amides is 2. The van der Waals surface area contributed by atoms with Gasteiger partial charge in [-0.1, -0.05) is 79.6 Å². The van der Waals surface area contributed by atoms with E-state index in [2.05, 4.69) is 5.32 Å². The minimum Gasteiger partial charge on any atom is -0.352 e. The second-order valence-electron chi connectivity index (χ2n) is 9.76. The number of hydrogen-bond donors (Lipinski definition) is 1. The molecule has 3 aromatic rings. The van der Waals surface area contributed by atoms with Crippen LogP contribution in [0.25, 0.3) is 10.8 Å². The van der Waals surface area contributed by atoms with Crippen molar-refractivity contribution in [2.45, 2.75) is 51.1 Å². The first-order chi connectivity index (χ1) is 17.7. The van der Waals surface area contributed by atoms with E-state index in [-0.39, 0.29) is 18.5 Å². The molecule has 196 valence electrons. The molecule has 0 radical (unpaired) electrons. The summed E-state index contributed by atoms with van der Waals surface area (Å²) in [6.45, 7) is 1.63. The molecule has 0 heterocycles. The van der Waals surface area contributed by atoms with Crippen LogP contribution in [0.5, 0.6) is 0 Å². The number of nitrogens with zero attached hydrogens (tertiary/aromatic N) is 2. The van der Waals surface area contributed by atoms with Crippen molar-refractivity contribution in [2.75, 3.05) is 23.7 Å². The normalized spacial score (nSPS) is 14.9. The van der Waals surface area contributed by atoms with Crippen molar-refractivity contribution in [1.29, 1.82) is 0 Å². The Morgan fingerprint density at radius 1 is 0.946 bits per heavy atom. The first kappa shape index (κ1) is 26.7. The second kappa shape index (κ2) is 11.8. The van der Waals surface area contributed by atoms with E-state index in [0.717, 1.165) is 52.6 Å². The van der Waals surface area contributed by atoms with E-state index in [1.165, 1.54) is 4.90 Å². The highest BCUT2D eigenvalue weighted by Crippen LogP contribution is 2.28. The van der Waals surface area contributed by atoms with Gasteiger partial charge in [-0.2, -0.15) is 0 Å². The molecule has 0 aromatic heterocycles. The molecule has 0 saturated heterocycles. The van der Waals surface area contributed by atoms with Gasteiger partial charge in [-0.15, -0.1) is 0 Å². The summed E-state index contributed by atoms with van der Waals surface area (Å²) in [5.74, 6) is -0.618. The Morgan fingerprint density at radius 2 is 1.59 bits per heavy atom. The summed E-state index contributed by atoms with van der Waals surface area (Å²) in [6.07, 6.45) is 5.72. The highest BCUT2D eigenvalue weighted by molar-refractivity contribution is 7.92. The molecule has 37 heavy (non-hydrogen) atoms. The number of carbonyl (C=O) groups excluding carboxylic acids is 2. The van der Waals surface area contributed by atoms with Gasteiger partial charge in [-0.25, -0.2) is 8.42 Å². The van der Waals surface area contributed by atoms with Crippen molar-refractivity contribution in [2.24, 2.45) is 0 Å². The third kappa shape index (κ3) is 6.68. The summed E-state index contributed by atoms with van der Waals surface area (Å²) >= 11 is 0. The predicted octanol–water partition coefficient (Wildman–Crippen LogP) is 4.12. The van der Waals surface area contributed by atoms with Gasteiger partial charge < -0.3 is 10.2 Å². The van der Waals surface area contributed by atoms with Crippen LogP contribution in [-0.2, 0) is 26.0 Å². The fourth-order valence-electron chi connectivity index (χ4n) is 4.98. The molecule has 1 aliphatic carbocycles. The average molecular weight is 522 g/mol. The number of carbonyl (C=O) groups is 2. The van der Waals surface area contributed by atoms with Crippen LogP contribution in [0.15, 0.2) is 72.8 Å². The number of sulfonamides is 1. The minimum atomic E-state index is -3.78. The fourth-order valence-corrected chi connectivity index (χ4v) is 5.84. The lowest BCUT2D eigenvalue weighted by Gasteiger charge is -2.32. The van der Waals surface area contributed by atoms with Crippen LogP contribution in [0.1, 0.15) is 38.2 Å². The zero-order chi connectivity index (χ0) is 26.4. The highest BCUT2D eigenvalue weighted by Gasteiger charge is 2.31. The van der Waals surface area contributed by atoms with Gasteiger partial charge in [0.2, 0.25) is 21.8 Å². The summed E-state index contributed by atoms with van der Waals surface area (Å²) in [4.78, 5) is 28.4. The first-order valence-corrected chi connectivity index (χ1v) is 14.7. The number of benzene rings is 3. The Labute approximate surface area is 219 Å². The van der Waals surface area contributed by atoms with Gasteiger partial charge in [0, 0.05) is 18.0 Å². The molecule has 0 aliphatic heterocycles. The van der Waals surface area contributed by atoms with E-state index < -0.39 is 22.0 Å². The fraction of sp³-hybridized carbons (Fsp3) is 0.379. The van der Waals surface area contributed by atoms with Gasteiger partial charge in [-0.3, -0.25) is 13.9 Å². The van der Waals surface area contributed by atoms with Crippen molar-refractivity contribution >= 4 is 38.3 Å². The quantitative estimate of drug-likeness (QED) is 0.435. The third-order valence-electron chi connectivity index (χ3n) is 7.07. The zero-order valence-corrected chi connectivity index (χ0v) is 22.3. The number of hydrogen-bond acceptors (Lipinski definition) is 4. The Kier molecular flexibility index (Phi) is 8.48. The minimum absolute atomic E-state index is 0.129. The summed E-state index contributed by atoms with van der Waals surface area (Å²) in [5.41, 5.74) is 1.48. The standard InChI is InChI=1S/C29H35N3O4S/c1-22(29(34)30-25-15-7-8-16-25)31(20-19-23-11-4-3-5-12-23)28(33)21-32(37(2,35)36)27-18-10-14-24-13-6-9-17-26(24)27/h3-6,9-14,17-18,22,25H,7-8,15-16,19-21H2,1-2H3,(H,30,34). The van der Waals surface area contributed by atoms with Crippen LogP contribution in [-0.4, -0.2) is 56.6 Å². The monoisotopic (exact) mass is 521 g/mol. The molecule has 2 amide bonds. The predicted molar refractivity (Wildman–Crippen MR) is 148 cm³/mol. The van der Waals surface area contributed by atoms with Crippen molar-refractivity contribution in [1.82, 2.24) is 10.2 Å². The van der Waals surface area contributed by atoms with Crippen LogP contribution in [0.2, 0.25) is 0 Å². The Morgan fingerprint density at radius 3 is 2.30 bits per heavy atom. The lowest BCUT2D eigenvalue weighted by molar-refractivity contribution is -0.139. The van der Waals surface area contributed by atoms with Crippen LogP contribution >= 0.6 is 0 Å². The molecular weight excluding hydrogens is 486 g/mol. The Bertz CT molecular complexity index is 1330.